The minimum atomic E-state index is -3.22. The lowest BCUT2D eigenvalue weighted by atomic mass is 9.99. The van der Waals surface area contributed by atoms with Gasteiger partial charge in [0, 0.05) is 24.1 Å². The first-order valence-corrected chi connectivity index (χ1v) is 10.8. The topological polar surface area (TPSA) is 68.2 Å². The molecule has 178 valence electrons. The first kappa shape index (κ1) is 23.5. The van der Waals surface area contributed by atoms with Gasteiger partial charge in [0.05, 0.1) is 6.54 Å². The number of halogens is 2. The maximum absolute atomic E-state index is 15.1. The Balaban J connectivity index is 1.49. The number of carboxylic acid groups (broad SMARTS) is 1. The molecule has 0 bridgehead atoms. The summed E-state index contributed by atoms with van der Waals surface area (Å²) in [5, 5.41) is 8.97. The van der Waals surface area contributed by atoms with Crippen LogP contribution in [0.3, 0.4) is 0 Å². The predicted molar refractivity (Wildman–Crippen MR) is 122 cm³/mol. The van der Waals surface area contributed by atoms with Crippen LogP contribution in [0.1, 0.15) is 29.2 Å². The summed E-state index contributed by atoms with van der Waals surface area (Å²) < 4.78 is 46.8. The zero-order valence-electron chi connectivity index (χ0n) is 18.6. The molecule has 1 atom stereocenters. The predicted octanol–water partition coefficient (Wildman–Crippen LogP) is 5.08. The molecule has 0 amide bonds. The van der Waals surface area contributed by atoms with Gasteiger partial charge in [0.25, 0.3) is 5.92 Å². The smallest absolute Gasteiger partial charge is 0.317 e. The molecule has 8 heteroatoms. The van der Waals surface area contributed by atoms with Crippen molar-refractivity contribution >= 4 is 5.97 Å². The van der Waals surface area contributed by atoms with Gasteiger partial charge in [-0.15, -0.1) is 0 Å². The highest BCUT2D eigenvalue weighted by molar-refractivity contribution is 5.69. The fourth-order valence-electron chi connectivity index (χ4n) is 3.77. The molecule has 0 aromatic heterocycles. The molecule has 1 heterocycles. The Hall–Kier alpha value is -3.65. The normalized spacial score (nSPS) is 13.6. The number of hydrogen-bond acceptors (Lipinski definition) is 5. The average molecular weight is 469 g/mol. The number of carboxylic acids is 1. The van der Waals surface area contributed by atoms with Gasteiger partial charge >= 0.3 is 5.97 Å². The monoisotopic (exact) mass is 469 g/mol. The molecule has 0 spiro atoms. The van der Waals surface area contributed by atoms with Crippen molar-refractivity contribution in [3.05, 3.63) is 89.5 Å². The van der Waals surface area contributed by atoms with E-state index < -0.39 is 11.9 Å². The largest absolute Gasteiger partial charge is 0.486 e. The van der Waals surface area contributed by atoms with Gasteiger partial charge in [-0.25, -0.2) is 0 Å². The molecule has 0 aliphatic carbocycles. The third-order valence-corrected chi connectivity index (χ3v) is 5.58. The number of nitrogens with zero attached hydrogens (tertiary/aromatic N) is 1. The number of ether oxygens (including phenoxy) is 3. The highest BCUT2D eigenvalue weighted by Gasteiger charge is 2.35. The van der Waals surface area contributed by atoms with Crippen molar-refractivity contribution in [2.45, 2.75) is 18.4 Å². The Bertz CT molecular complexity index is 1120. The fourth-order valence-corrected chi connectivity index (χ4v) is 3.77. The van der Waals surface area contributed by atoms with Gasteiger partial charge in [-0.05, 0) is 55.1 Å². The molecular weight excluding hydrogens is 444 g/mol. The van der Waals surface area contributed by atoms with Crippen LogP contribution in [-0.2, 0) is 10.7 Å². The SMILES string of the molecule is CN(CCC(Oc1ccc(C(F)(F)c2ccc3c(c2)OCO3)cc1)c1ccccc1)CC(=O)O. The Morgan fingerprint density at radius 2 is 1.71 bits per heavy atom. The van der Waals surface area contributed by atoms with Gasteiger partial charge in [0.1, 0.15) is 11.9 Å². The lowest BCUT2D eigenvalue weighted by molar-refractivity contribution is -0.138. The Morgan fingerprint density at radius 3 is 2.41 bits per heavy atom. The number of alkyl halides is 2. The number of likely N-dealkylation sites (N-methyl/N-ethyl adjacent to an activating group) is 1. The number of rotatable bonds is 10. The van der Waals surface area contributed by atoms with Gasteiger partial charge in [-0.3, -0.25) is 9.69 Å². The summed E-state index contributed by atoms with van der Waals surface area (Å²) in [6.07, 6.45) is 0.167. The summed E-state index contributed by atoms with van der Waals surface area (Å²) in [5.74, 6) is -2.93. The molecule has 1 unspecified atom stereocenters. The minimum Gasteiger partial charge on any atom is -0.486 e. The highest BCUT2D eigenvalue weighted by Crippen LogP contribution is 2.41. The Kier molecular flexibility index (Phi) is 6.98. The van der Waals surface area contributed by atoms with Crippen LogP contribution in [-0.4, -0.2) is 42.9 Å². The summed E-state index contributed by atoms with van der Waals surface area (Å²) in [5.41, 5.74) is 0.561. The van der Waals surface area contributed by atoms with E-state index in [1.807, 2.05) is 30.3 Å². The third-order valence-electron chi connectivity index (χ3n) is 5.58. The van der Waals surface area contributed by atoms with Crippen molar-refractivity contribution in [2.24, 2.45) is 0 Å². The van der Waals surface area contributed by atoms with Crippen LogP contribution in [0.2, 0.25) is 0 Å². The van der Waals surface area contributed by atoms with E-state index in [4.69, 9.17) is 19.3 Å². The van der Waals surface area contributed by atoms with Crippen molar-refractivity contribution in [1.29, 1.82) is 0 Å². The van der Waals surface area contributed by atoms with E-state index in [2.05, 4.69) is 0 Å². The molecule has 4 rings (SSSR count). The second-order valence-corrected chi connectivity index (χ2v) is 8.10. The molecule has 0 saturated carbocycles. The molecule has 1 N–H and O–H groups in total. The van der Waals surface area contributed by atoms with Crippen molar-refractivity contribution in [1.82, 2.24) is 4.90 Å². The van der Waals surface area contributed by atoms with E-state index in [0.717, 1.165) is 5.56 Å². The second kappa shape index (κ2) is 10.1. The maximum Gasteiger partial charge on any atom is 0.317 e. The molecule has 1 aliphatic heterocycles. The molecule has 3 aromatic carbocycles. The average Bonchev–Trinajstić information content (AvgIpc) is 3.30. The molecule has 6 nitrogen and oxygen atoms in total. The van der Waals surface area contributed by atoms with Crippen LogP contribution >= 0.6 is 0 Å². The van der Waals surface area contributed by atoms with Crippen molar-refractivity contribution in [3.63, 3.8) is 0 Å². The molecule has 34 heavy (non-hydrogen) atoms. The van der Waals surface area contributed by atoms with Crippen LogP contribution < -0.4 is 14.2 Å². The summed E-state index contributed by atoms with van der Waals surface area (Å²) in [6, 6.07) is 19.4. The van der Waals surface area contributed by atoms with Crippen LogP contribution in [0.5, 0.6) is 17.2 Å². The number of carbonyl (C=O) groups is 1. The Morgan fingerprint density at radius 1 is 1.03 bits per heavy atom. The molecule has 0 fully saturated rings. The van der Waals surface area contributed by atoms with Crippen molar-refractivity contribution in [3.8, 4) is 17.2 Å². The quantitative estimate of drug-likeness (QED) is 0.447. The lowest BCUT2D eigenvalue weighted by Crippen LogP contribution is -2.28. The van der Waals surface area contributed by atoms with E-state index in [9.17, 15) is 4.79 Å². The summed E-state index contributed by atoms with van der Waals surface area (Å²) in [6.45, 7) is 0.433. The zero-order valence-corrected chi connectivity index (χ0v) is 18.6. The molecule has 3 aromatic rings. The summed E-state index contributed by atoms with van der Waals surface area (Å²) in [7, 11) is 1.73. The molecule has 0 saturated heterocycles. The van der Waals surface area contributed by atoms with Gasteiger partial charge in [-0.2, -0.15) is 8.78 Å². The van der Waals surface area contributed by atoms with E-state index >= 15 is 8.78 Å². The standard InChI is InChI=1S/C26H25F2NO5/c1-29(16-25(30)31)14-13-22(18-5-3-2-4-6-18)34-21-10-7-19(8-11-21)26(27,28)20-9-12-23-24(15-20)33-17-32-23/h2-12,15,22H,13-14,16-17H2,1H3,(H,30,31). The summed E-state index contributed by atoms with van der Waals surface area (Å²) in [4.78, 5) is 12.6. The van der Waals surface area contributed by atoms with Crippen molar-refractivity contribution in [2.75, 3.05) is 26.9 Å². The van der Waals surface area contributed by atoms with Crippen LogP contribution in [0.4, 0.5) is 8.78 Å². The first-order valence-electron chi connectivity index (χ1n) is 10.8. The van der Waals surface area contributed by atoms with E-state index in [-0.39, 0.29) is 30.6 Å². The van der Waals surface area contributed by atoms with Crippen LogP contribution in [0, 0.1) is 0 Å². The highest BCUT2D eigenvalue weighted by atomic mass is 19.3. The summed E-state index contributed by atoms with van der Waals surface area (Å²) >= 11 is 0. The van der Waals surface area contributed by atoms with Crippen LogP contribution in [0.25, 0.3) is 0 Å². The molecule has 0 radical (unpaired) electrons. The first-order chi connectivity index (χ1) is 16.3. The fraction of sp³-hybridized carbons (Fsp3) is 0.269. The van der Waals surface area contributed by atoms with Crippen molar-refractivity contribution < 1.29 is 32.9 Å². The number of hydrogen-bond donors (Lipinski definition) is 1. The van der Waals surface area contributed by atoms with Gasteiger partial charge < -0.3 is 19.3 Å². The molecule has 1 aliphatic rings. The number of fused-ring (bicyclic) bond motifs is 1. The van der Waals surface area contributed by atoms with Gasteiger partial charge in [-0.1, -0.05) is 30.3 Å². The number of aliphatic carboxylic acids is 1. The maximum atomic E-state index is 15.1. The second-order valence-electron chi connectivity index (χ2n) is 8.10. The van der Waals surface area contributed by atoms with Gasteiger partial charge in [0.2, 0.25) is 6.79 Å². The van der Waals surface area contributed by atoms with E-state index in [1.165, 1.54) is 42.5 Å². The zero-order chi connectivity index (χ0) is 24.1. The Labute approximate surface area is 196 Å². The molecular formula is C26H25F2NO5. The lowest BCUT2D eigenvalue weighted by Gasteiger charge is -2.23. The van der Waals surface area contributed by atoms with Crippen LogP contribution in [0.15, 0.2) is 72.8 Å². The number of benzene rings is 3. The van der Waals surface area contributed by atoms with Gasteiger partial charge in [0.15, 0.2) is 11.5 Å². The van der Waals surface area contributed by atoms with E-state index in [1.54, 1.807) is 11.9 Å². The third kappa shape index (κ3) is 5.46. The minimum absolute atomic E-state index is 0.0189. The van der Waals surface area contributed by atoms with E-state index in [0.29, 0.717) is 30.2 Å².